The van der Waals surface area contributed by atoms with Crippen LogP contribution in [0.3, 0.4) is 0 Å². The van der Waals surface area contributed by atoms with Crippen molar-refractivity contribution >= 4 is 17.3 Å². The van der Waals surface area contributed by atoms with Gasteiger partial charge in [0.05, 0.1) is 12.2 Å². The highest BCUT2D eigenvalue weighted by atomic mass is 32.1. The second-order valence-electron chi connectivity index (χ2n) is 7.36. The molecule has 0 aliphatic carbocycles. The zero-order chi connectivity index (χ0) is 18.1. The average molecular weight is 366 g/mol. The van der Waals surface area contributed by atoms with Gasteiger partial charge in [-0.1, -0.05) is 27.2 Å². The Hall–Kier alpha value is -1.14. The molecule has 2 N–H and O–H groups in total. The number of guanidine groups is 1. The fourth-order valence-corrected chi connectivity index (χ4v) is 3.95. The van der Waals surface area contributed by atoms with Gasteiger partial charge in [-0.25, -0.2) is 9.98 Å². The van der Waals surface area contributed by atoms with E-state index < -0.39 is 0 Å². The number of aliphatic imine (C=N–C) groups is 1. The summed E-state index contributed by atoms with van der Waals surface area (Å²) in [6, 6.07) is 0. The lowest BCUT2D eigenvalue weighted by Gasteiger charge is -2.29. The number of thiazole rings is 1. The predicted molar refractivity (Wildman–Crippen MR) is 108 cm³/mol. The van der Waals surface area contributed by atoms with E-state index in [0.29, 0.717) is 18.4 Å². The highest BCUT2D eigenvalue weighted by Crippen LogP contribution is 2.18. The summed E-state index contributed by atoms with van der Waals surface area (Å²) < 4.78 is 0. The van der Waals surface area contributed by atoms with Gasteiger partial charge in [0.25, 0.3) is 0 Å². The van der Waals surface area contributed by atoms with E-state index >= 15 is 0 Å². The molecule has 1 saturated heterocycles. The molecule has 2 rings (SSSR count). The van der Waals surface area contributed by atoms with E-state index in [0.717, 1.165) is 24.1 Å². The topological polar surface area (TPSA) is 52.6 Å². The van der Waals surface area contributed by atoms with Crippen molar-refractivity contribution in [3.8, 4) is 0 Å². The van der Waals surface area contributed by atoms with Gasteiger partial charge in [0.15, 0.2) is 5.96 Å². The third-order valence-corrected chi connectivity index (χ3v) is 5.37. The summed E-state index contributed by atoms with van der Waals surface area (Å²) in [5.74, 6) is 2.00. The molecule has 0 amide bonds. The van der Waals surface area contributed by atoms with Crippen LogP contribution in [0.1, 0.15) is 63.6 Å². The van der Waals surface area contributed by atoms with Crippen LogP contribution in [-0.4, -0.2) is 48.6 Å². The van der Waals surface area contributed by atoms with Crippen LogP contribution in [0.4, 0.5) is 0 Å². The van der Waals surface area contributed by atoms with Crippen LogP contribution in [-0.2, 0) is 6.54 Å². The lowest BCUT2D eigenvalue weighted by atomic mass is 10.1. The van der Waals surface area contributed by atoms with Gasteiger partial charge in [0.1, 0.15) is 5.01 Å². The predicted octanol–water partition coefficient (Wildman–Crippen LogP) is 3.44. The van der Waals surface area contributed by atoms with Gasteiger partial charge >= 0.3 is 0 Å². The first-order chi connectivity index (χ1) is 12.1. The minimum atomic E-state index is 0.482. The van der Waals surface area contributed by atoms with Crippen LogP contribution in [0.25, 0.3) is 0 Å². The third kappa shape index (κ3) is 7.32. The van der Waals surface area contributed by atoms with Crippen LogP contribution in [0.2, 0.25) is 0 Å². The molecule has 142 valence electrons. The number of hydrogen-bond acceptors (Lipinski definition) is 4. The van der Waals surface area contributed by atoms with Gasteiger partial charge in [-0.3, -0.25) is 0 Å². The van der Waals surface area contributed by atoms with E-state index in [9.17, 15) is 0 Å². The molecule has 25 heavy (non-hydrogen) atoms. The van der Waals surface area contributed by atoms with Crippen molar-refractivity contribution < 1.29 is 0 Å². The smallest absolute Gasteiger partial charge is 0.191 e. The quantitative estimate of drug-likeness (QED) is 0.547. The Morgan fingerprint density at radius 1 is 1.24 bits per heavy atom. The van der Waals surface area contributed by atoms with Crippen LogP contribution in [0, 0.1) is 5.92 Å². The van der Waals surface area contributed by atoms with Gasteiger partial charge in [0.2, 0.25) is 0 Å². The molecule has 1 aliphatic heterocycles. The number of rotatable bonds is 8. The SMILES string of the molecule is CCNC(=NCc1nc(C(C)C)cs1)NCC(C)CN1CCCCC1. The van der Waals surface area contributed by atoms with Gasteiger partial charge in [-0.05, 0) is 44.7 Å². The molecule has 6 heteroatoms. The van der Waals surface area contributed by atoms with E-state index in [2.05, 4.69) is 53.6 Å². The Kier molecular flexibility index (Phi) is 8.68. The Morgan fingerprint density at radius 3 is 2.64 bits per heavy atom. The first-order valence-corrected chi connectivity index (χ1v) is 10.6. The molecule has 1 aliphatic rings. The van der Waals surface area contributed by atoms with E-state index in [1.165, 1.54) is 44.6 Å². The molecule has 5 nitrogen and oxygen atoms in total. The van der Waals surface area contributed by atoms with Gasteiger partial charge in [-0.2, -0.15) is 0 Å². The van der Waals surface area contributed by atoms with Gasteiger partial charge in [-0.15, -0.1) is 11.3 Å². The minimum Gasteiger partial charge on any atom is -0.357 e. The lowest BCUT2D eigenvalue weighted by Crippen LogP contribution is -2.42. The number of aromatic nitrogens is 1. The van der Waals surface area contributed by atoms with E-state index in [1.54, 1.807) is 11.3 Å². The van der Waals surface area contributed by atoms with Crippen LogP contribution < -0.4 is 10.6 Å². The molecule has 0 aromatic carbocycles. The average Bonchev–Trinajstić information content (AvgIpc) is 3.07. The molecule has 1 aromatic heterocycles. The second-order valence-corrected chi connectivity index (χ2v) is 8.31. The molecule has 1 atom stereocenters. The highest BCUT2D eigenvalue weighted by molar-refractivity contribution is 7.09. The van der Waals surface area contributed by atoms with Gasteiger partial charge < -0.3 is 15.5 Å². The summed E-state index contributed by atoms with van der Waals surface area (Å²) in [6.07, 6.45) is 4.11. The number of piperidine rings is 1. The maximum absolute atomic E-state index is 4.70. The van der Waals surface area contributed by atoms with E-state index in [1.807, 2.05) is 0 Å². The first-order valence-electron chi connectivity index (χ1n) is 9.77. The fraction of sp³-hybridized carbons (Fsp3) is 0.789. The molecule has 0 spiro atoms. The van der Waals surface area contributed by atoms with Crippen molar-refractivity contribution in [1.29, 1.82) is 0 Å². The van der Waals surface area contributed by atoms with E-state index in [-0.39, 0.29) is 0 Å². The van der Waals surface area contributed by atoms with Crippen molar-refractivity contribution in [3.05, 3.63) is 16.1 Å². The summed E-state index contributed by atoms with van der Waals surface area (Å²) in [7, 11) is 0. The van der Waals surface area contributed by atoms with Crippen molar-refractivity contribution in [1.82, 2.24) is 20.5 Å². The second kappa shape index (κ2) is 10.8. The Labute approximate surface area is 157 Å². The number of hydrogen-bond donors (Lipinski definition) is 2. The summed E-state index contributed by atoms with van der Waals surface area (Å²) in [4.78, 5) is 12.0. The van der Waals surface area contributed by atoms with Crippen LogP contribution >= 0.6 is 11.3 Å². The van der Waals surface area contributed by atoms with Crippen LogP contribution in [0.15, 0.2) is 10.4 Å². The number of nitrogens with zero attached hydrogens (tertiary/aromatic N) is 3. The maximum Gasteiger partial charge on any atom is 0.191 e. The third-order valence-electron chi connectivity index (χ3n) is 4.51. The molecule has 0 radical (unpaired) electrons. The Balaban J connectivity index is 1.79. The normalized spacial score (nSPS) is 17.7. The zero-order valence-corrected chi connectivity index (χ0v) is 17.2. The minimum absolute atomic E-state index is 0.482. The largest absolute Gasteiger partial charge is 0.357 e. The molecular weight excluding hydrogens is 330 g/mol. The molecule has 2 heterocycles. The molecule has 1 fully saturated rings. The summed E-state index contributed by atoms with van der Waals surface area (Å²) in [5.41, 5.74) is 1.17. The molecule has 1 unspecified atom stereocenters. The summed E-state index contributed by atoms with van der Waals surface area (Å²) in [6.45, 7) is 15.0. The number of likely N-dealkylation sites (tertiary alicyclic amines) is 1. The lowest BCUT2D eigenvalue weighted by molar-refractivity contribution is 0.201. The van der Waals surface area contributed by atoms with Crippen molar-refractivity contribution in [3.63, 3.8) is 0 Å². The first kappa shape index (κ1) is 20.2. The molecule has 1 aromatic rings. The molecule has 0 bridgehead atoms. The van der Waals surface area contributed by atoms with Crippen molar-refractivity contribution in [2.45, 2.75) is 59.4 Å². The Morgan fingerprint density at radius 2 is 2.00 bits per heavy atom. The molecule has 0 saturated carbocycles. The van der Waals surface area contributed by atoms with Crippen LogP contribution in [0.5, 0.6) is 0 Å². The monoisotopic (exact) mass is 365 g/mol. The standard InChI is InChI=1S/C19H35N5S/c1-5-20-19(22-12-18-23-17(14-25-18)15(2)3)21-11-16(4)13-24-9-7-6-8-10-24/h14-16H,5-13H2,1-4H3,(H2,20,21,22). The maximum atomic E-state index is 4.70. The van der Waals surface area contributed by atoms with Crippen molar-refractivity contribution in [2.24, 2.45) is 10.9 Å². The summed E-state index contributed by atoms with van der Waals surface area (Å²) in [5, 5.41) is 10.1. The zero-order valence-electron chi connectivity index (χ0n) is 16.3. The fourth-order valence-electron chi connectivity index (χ4n) is 3.07. The molecular formula is C19H35N5S. The van der Waals surface area contributed by atoms with E-state index in [4.69, 9.17) is 4.99 Å². The summed E-state index contributed by atoms with van der Waals surface area (Å²) >= 11 is 1.71. The number of nitrogens with one attached hydrogen (secondary N) is 2. The highest BCUT2D eigenvalue weighted by Gasteiger charge is 2.13. The van der Waals surface area contributed by atoms with Crippen molar-refractivity contribution in [2.75, 3.05) is 32.7 Å². The Bertz CT molecular complexity index is 520. The van der Waals surface area contributed by atoms with Gasteiger partial charge in [0, 0.05) is 25.0 Å².